The average molecular weight is 200 g/mol. The quantitative estimate of drug-likeness (QED) is 0.714. The van der Waals surface area contributed by atoms with Crippen LogP contribution in [0.2, 0.25) is 0 Å². The fourth-order valence-electron chi connectivity index (χ4n) is 2.29. The number of piperazine rings is 1. The fraction of sp³-hybridized carbons (Fsp3) is 1.00. The molecule has 0 amide bonds. The smallest absolute Gasteiger partial charge is 0.0446 e. The van der Waals surface area contributed by atoms with E-state index in [9.17, 15) is 0 Å². The summed E-state index contributed by atoms with van der Waals surface area (Å²) in [6.45, 7) is 10.4. The van der Waals surface area contributed by atoms with Crippen molar-refractivity contribution in [3.63, 3.8) is 0 Å². The van der Waals surface area contributed by atoms with Crippen LogP contribution in [0.25, 0.3) is 0 Å². The van der Waals surface area contributed by atoms with Crippen LogP contribution in [0.4, 0.5) is 0 Å². The number of likely N-dealkylation sites (N-methyl/N-ethyl adjacent to an activating group) is 1. The highest BCUT2D eigenvalue weighted by Gasteiger charge is 2.32. The first-order valence-corrected chi connectivity index (χ1v) is 5.51. The molecule has 1 aliphatic rings. The van der Waals surface area contributed by atoms with E-state index in [0.29, 0.717) is 12.6 Å². The van der Waals surface area contributed by atoms with Crippen LogP contribution in [0.3, 0.4) is 0 Å². The lowest BCUT2D eigenvalue weighted by molar-refractivity contribution is 0.00852. The van der Waals surface area contributed by atoms with Crippen molar-refractivity contribution in [2.45, 2.75) is 38.8 Å². The molecular weight excluding hydrogens is 176 g/mol. The SMILES string of the molecule is CN1CCN(C(C)(C)C)C(CCO)C1. The zero-order chi connectivity index (χ0) is 10.8. The Hall–Kier alpha value is -0.120. The number of aliphatic hydroxyl groups excluding tert-OH is 1. The Kier molecular flexibility index (Phi) is 3.93. The average Bonchev–Trinajstić information content (AvgIpc) is 2.02. The van der Waals surface area contributed by atoms with Gasteiger partial charge in [0.05, 0.1) is 0 Å². The molecule has 1 atom stereocenters. The summed E-state index contributed by atoms with van der Waals surface area (Å²) >= 11 is 0. The highest BCUT2D eigenvalue weighted by Crippen LogP contribution is 2.22. The van der Waals surface area contributed by atoms with E-state index in [2.05, 4.69) is 37.6 Å². The Bertz CT molecular complexity index is 177. The minimum atomic E-state index is 0.223. The zero-order valence-electron chi connectivity index (χ0n) is 9.95. The first-order chi connectivity index (χ1) is 6.45. The predicted octanol–water partition coefficient (Wildman–Crippen LogP) is 0.783. The summed E-state index contributed by atoms with van der Waals surface area (Å²) < 4.78 is 0. The van der Waals surface area contributed by atoms with Crippen molar-refractivity contribution in [1.29, 1.82) is 0 Å². The van der Waals surface area contributed by atoms with Crippen LogP contribution in [-0.4, -0.2) is 59.8 Å². The summed E-state index contributed by atoms with van der Waals surface area (Å²) in [5.74, 6) is 0. The summed E-state index contributed by atoms with van der Waals surface area (Å²) in [5.41, 5.74) is 0.223. The molecule has 1 aliphatic heterocycles. The molecule has 0 spiro atoms. The lowest BCUT2D eigenvalue weighted by Crippen LogP contribution is -2.58. The van der Waals surface area contributed by atoms with E-state index in [1.807, 2.05) is 0 Å². The summed E-state index contributed by atoms with van der Waals surface area (Å²) in [4.78, 5) is 4.87. The van der Waals surface area contributed by atoms with Gasteiger partial charge in [0.15, 0.2) is 0 Å². The number of hydrogen-bond donors (Lipinski definition) is 1. The maximum Gasteiger partial charge on any atom is 0.0446 e. The fourth-order valence-corrected chi connectivity index (χ4v) is 2.29. The van der Waals surface area contributed by atoms with Crippen molar-refractivity contribution in [2.75, 3.05) is 33.3 Å². The van der Waals surface area contributed by atoms with Gasteiger partial charge in [0.2, 0.25) is 0 Å². The molecule has 3 nitrogen and oxygen atoms in total. The maximum absolute atomic E-state index is 9.04. The minimum Gasteiger partial charge on any atom is -0.396 e. The van der Waals surface area contributed by atoms with Gasteiger partial charge in [0.1, 0.15) is 0 Å². The molecule has 0 aliphatic carbocycles. The third-order valence-corrected chi connectivity index (χ3v) is 3.01. The van der Waals surface area contributed by atoms with Gasteiger partial charge in [-0.2, -0.15) is 0 Å². The van der Waals surface area contributed by atoms with E-state index in [0.717, 1.165) is 26.1 Å². The number of hydrogen-bond acceptors (Lipinski definition) is 3. The van der Waals surface area contributed by atoms with E-state index in [1.54, 1.807) is 0 Å². The summed E-state index contributed by atoms with van der Waals surface area (Å²) in [6.07, 6.45) is 0.890. The van der Waals surface area contributed by atoms with Crippen LogP contribution in [-0.2, 0) is 0 Å². The molecule has 1 saturated heterocycles. The zero-order valence-corrected chi connectivity index (χ0v) is 9.95. The van der Waals surface area contributed by atoms with Crippen LogP contribution in [0.5, 0.6) is 0 Å². The van der Waals surface area contributed by atoms with Crippen LogP contribution in [0.15, 0.2) is 0 Å². The molecule has 1 N–H and O–H groups in total. The maximum atomic E-state index is 9.04. The predicted molar refractivity (Wildman–Crippen MR) is 59.4 cm³/mol. The van der Waals surface area contributed by atoms with E-state index in [-0.39, 0.29) is 5.54 Å². The summed E-state index contributed by atoms with van der Waals surface area (Å²) in [6, 6.07) is 0.513. The van der Waals surface area contributed by atoms with Gasteiger partial charge in [-0.05, 0) is 34.2 Å². The summed E-state index contributed by atoms with van der Waals surface area (Å²) in [7, 11) is 2.16. The van der Waals surface area contributed by atoms with E-state index >= 15 is 0 Å². The van der Waals surface area contributed by atoms with Crippen molar-refractivity contribution >= 4 is 0 Å². The second kappa shape index (κ2) is 4.60. The van der Waals surface area contributed by atoms with Crippen molar-refractivity contribution in [3.05, 3.63) is 0 Å². The third-order valence-electron chi connectivity index (χ3n) is 3.01. The lowest BCUT2D eigenvalue weighted by Gasteiger charge is -2.47. The van der Waals surface area contributed by atoms with Crippen LogP contribution in [0, 0.1) is 0 Å². The Morgan fingerprint density at radius 2 is 1.93 bits per heavy atom. The minimum absolute atomic E-state index is 0.223. The molecule has 0 aromatic carbocycles. The molecule has 0 aromatic heterocycles. The molecule has 1 heterocycles. The van der Waals surface area contributed by atoms with Crippen LogP contribution in [0.1, 0.15) is 27.2 Å². The Morgan fingerprint density at radius 3 is 2.43 bits per heavy atom. The first kappa shape index (κ1) is 12.0. The van der Waals surface area contributed by atoms with Gasteiger partial charge in [0, 0.05) is 37.8 Å². The van der Waals surface area contributed by atoms with Crippen molar-refractivity contribution in [2.24, 2.45) is 0 Å². The lowest BCUT2D eigenvalue weighted by atomic mass is 9.99. The third kappa shape index (κ3) is 2.94. The highest BCUT2D eigenvalue weighted by molar-refractivity contribution is 4.88. The number of aliphatic hydroxyl groups is 1. The van der Waals surface area contributed by atoms with E-state index in [1.165, 1.54) is 0 Å². The highest BCUT2D eigenvalue weighted by atomic mass is 16.3. The molecule has 0 bridgehead atoms. The summed E-state index contributed by atoms with van der Waals surface area (Å²) in [5, 5.41) is 9.04. The molecule has 0 aromatic rings. The molecule has 1 fully saturated rings. The Morgan fingerprint density at radius 1 is 1.29 bits per heavy atom. The van der Waals surface area contributed by atoms with Gasteiger partial charge < -0.3 is 10.0 Å². The number of nitrogens with zero attached hydrogens (tertiary/aromatic N) is 2. The van der Waals surface area contributed by atoms with Gasteiger partial charge >= 0.3 is 0 Å². The molecule has 1 unspecified atom stereocenters. The second-order valence-corrected chi connectivity index (χ2v) is 5.29. The second-order valence-electron chi connectivity index (χ2n) is 5.29. The molecule has 14 heavy (non-hydrogen) atoms. The monoisotopic (exact) mass is 200 g/mol. The Labute approximate surface area is 87.7 Å². The molecule has 0 radical (unpaired) electrons. The molecule has 84 valence electrons. The van der Waals surface area contributed by atoms with Gasteiger partial charge in [0.25, 0.3) is 0 Å². The Balaban J connectivity index is 2.62. The normalized spacial score (nSPS) is 26.8. The van der Waals surface area contributed by atoms with Crippen molar-refractivity contribution < 1.29 is 5.11 Å². The van der Waals surface area contributed by atoms with Crippen LogP contribution >= 0.6 is 0 Å². The van der Waals surface area contributed by atoms with Crippen molar-refractivity contribution in [3.8, 4) is 0 Å². The molecular formula is C11H24N2O. The standard InChI is InChI=1S/C11H24N2O/c1-11(2,3)13-7-6-12(4)9-10(13)5-8-14/h10,14H,5-9H2,1-4H3. The topological polar surface area (TPSA) is 26.7 Å². The molecule has 1 rings (SSSR count). The van der Waals surface area contributed by atoms with Gasteiger partial charge in [-0.25, -0.2) is 0 Å². The molecule has 0 saturated carbocycles. The van der Waals surface area contributed by atoms with Crippen LogP contribution < -0.4 is 0 Å². The van der Waals surface area contributed by atoms with Gasteiger partial charge in [-0.15, -0.1) is 0 Å². The van der Waals surface area contributed by atoms with E-state index < -0.39 is 0 Å². The van der Waals surface area contributed by atoms with Gasteiger partial charge in [-0.1, -0.05) is 0 Å². The largest absolute Gasteiger partial charge is 0.396 e. The van der Waals surface area contributed by atoms with Gasteiger partial charge in [-0.3, -0.25) is 4.90 Å². The number of rotatable bonds is 2. The van der Waals surface area contributed by atoms with E-state index in [4.69, 9.17) is 5.11 Å². The van der Waals surface area contributed by atoms with Crippen molar-refractivity contribution in [1.82, 2.24) is 9.80 Å². The first-order valence-electron chi connectivity index (χ1n) is 5.51. The molecule has 3 heteroatoms.